The van der Waals surface area contributed by atoms with Crippen molar-refractivity contribution in [2.75, 3.05) is 0 Å². The van der Waals surface area contributed by atoms with Crippen molar-refractivity contribution in [1.29, 1.82) is 0 Å². The number of aromatic nitrogens is 3. The van der Waals surface area contributed by atoms with E-state index >= 15 is 0 Å². The zero-order chi connectivity index (χ0) is 22.5. The molecule has 1 aromatic heterocycles. The van der Waals surface area contributed by atoms with Gasteiger partial charge in [0.15, 0.2) is 17.5 Å². The molecule has 0 aliphatic rings. The largest absolute Gasteiger partial charge is 0.569 e. The van der Waals surface area contributed by atoms with E-state index in [1.807, 2.05) is 84.9 Å². The molecule has 1 heterocycles. The van der Waals surface area contributed by atoms with Gasteiger partial charge in [-0.15, -0.1) is 0 Å². The molecule has 5 nitrogen and oxygen atoms in total. The van der Waals surface area contributed by atoms with Crippen LogP contribution in [0.2, 0.25) is 0 Å². The maximum atomic E-state index is 9.22. The van der Waals surface area contributed by atoms with Gasteiger partial charge in [-0.25, -0.2) is 15.0 Å². The molecule has 0 fully saturated rings. The van der Waals surface area contributed by atoms with Crippen LogP contribution in [-0.2, 0) is 0 Å². The third-order valence-corrected chi connectivity index (χ3v) is 5.23. The second-order valence-electron chi connectivity index (χ2n) is 7.30. The van der Waals surface area contributed by atoms with Crippen LogP contribution in [0.25, 0.3) is 45.3 Å². The van der Waals surface area contributed by atoms with Gasteiger partial charge in [-0.3, -0.25) is 0 Å². The minimum Gasteiger partial charge on any atom is -0.537 e. The number of hydrogen-bond acceptors (Lipinski definition) is 5. The van der Waals surface area contributed by atoms with Gasteiger partial charge in [0.05, 0.1) is 5.56 Å². The highest BCUT2D eigenvalue weighted by atomic mass is 16.5. The van der Waals surface area contributed by atoms with E-state index in [1.165, 1.54) is 0 Å². The molecule has 0 saturated carbocycles. The zero-order valence-corrected chi connectivity index (χ0v) is 17.7. The summed E-state index contributed by atoms with van der Waals surface area (Å²) in [5.41, 5.74) is 4.54. The molecule has 0 bridgehead atoms. The summed E-state index contributed by atoms with van der Waals surface area (Å²) in [4.78, 5) is 14.4. The smallest absolute Gasteiger partial charge is 0.537 e. The van der Waals surface area contributed by atoms with Crippen LogP contribution in [0.5, 0.6) is 5.75 Å². The van der Waals surface area contributed by atoms with E-state index in [2.05, 4.69) is 18.2 Å². The van der Waals surface area contributed by atoms with Crippen LogP contribution in [0.15, 0.2) is 109 Å². The Balaban J connectivity index is 1.74. The topological polar surface area (TPSA) is 68.1 Å². The quantitative estimate of drug-likeness (QED) is 0.365. The van der Waals surface area contributed by atoms with E-state index in [0.29, 0.717) is 36.5 Å². The highest BCUT2D eigenvalue weighted by molar-refractivity contribution is 6.17. The van der Waals surface area contributed by atoms with Crippen LogP contribution < -0.4 is 4.65 Å². The van der Waals surface area contributed by atoms with Crippen molar-refractivity contribution in [3.05, 3.63) is 109 Å². The molecule has 0 unspecified atom stereocenters. The zero-order valence-electron chi connectivity index (χ0n) is 17.7. The van der Waals surface area contributed by atoms with Gasteiger partial charge in [-0.2, -0.15) is 0 Å². The summed E-state index contributed by atoms with van der Waals surface area (Å²) in [6.07, 6.45) is 0. The van der Waals surface area contributed by atoms with E-state index in [0.717, 1.165) is 22.3 Å². The predicted octanol–water partition coefficient (Wildman–Crippen LogP) is 5.44. The molecule has 0 atom stereocenters. The first kappa shape index (κ1) is 20.6. The number of rotatable bonds is 6. The Bertz CT molecular complexity index is 1380. The van der Waals surface area contributed by atoms with Gasteiger partial charge in [0, 0.05) is 11.1 Å². The first-order valence-electron chi connectivity index (χ1n) is 10.5. The lowest BCUT2D eigenvalue weighted by molar-refractivity contribution is 0.454. The van der Waals surface area contributed by atoms with E-state index in [1.54, 1.807) is 6.07 Å². The van der Waals surface area contributed by atoms with Gasteiger partial charge in [0.2, 0.25) is 0 Å². The summed E-state index contributed by atoms with van der Waals surface area (Å²) in [5, 5.41) is 9.22. The maximum Gasteiger partial charge on any atom is 0.569 e. The second-order valence-corrected chi connectivity index (χ2v) is 7.30. The fourth-order valence-corrected chi connectivity index (χ4v) is 3.69. The van der Waals surface area contributed by atoms with Crippen LogP contribution in [0, 0.1) is 0 Å². The van der Waals surface area contributed by atoms with Crippen LogP contribution in [-0.4, -0.2) is 27.7 Å². The monoisotopic (exact) mass is 428 g/mol. The van der Waals surface area contributed by atoms with Gasteiger partial charge < -0.3 is 9.68 Å². The molecule has 4 aromatic carbocycles. The molecule has 0 aliphatic carbocycles. The maximum absolute atomic E-state index is 9.22. The molecule has 157 valence electrons. The van der Waals surface area contributed by atoms with Crippen LogP contribution in [0.4, 0.5) is 0 Å². The Morgan fingerprint density at radius 2 is 0.970 bits per heavy atom. The molecule has 0 spiro atoms. The molecule has 6 heteroatoms. The second kappa shape index (κ2) is 9.46. The van der Waals surface area contributed by atoms with Crippen molar-refractivity contribution >= 4 is 7.69 Å². The third-order valence-electron chi connectivity index (χ3n) is 5.23. The molecule has 5 rings (SSSR count). The van der Waals surface area contributed by atoms with Crippen molar-refractivity contribution in [2.45, 2.75) is 0 Å². The fraction of sp³-hybridized carbons (Fsp3) is 0. The fourth-order valence-electron chi connectivity index (χ4n) is 3.69. The summed E-state index contributed by atoms with van der Waals surface area (Å²) in [7, 11) is 0.656. The van der Waals surface area contributed by atoms with Crippen molar-refractivity contribution in [2.24, 2.45) is 0 Å². The lowest BCUT2D eigenvalue weighted by atomic mass is 9.99. The molecular formula is C27H19BN3O2. The predicted molar refractivity (Wildman–Crippen MR) is 130 cm³/mol. The molecule has 0 saturated heterocycles. The molecular weight excluding hydrogens is 409 g/mol. The molecule has 1 N–H and O–H groups in total. The summed E-state index contributed by atoms with van der Waals surface area (Å²) in [6.45, 7) is 0. The third kappa shape index (κ3) is 4.38. The lowest BCUT2D eigenvalue weighted by Gasteiger charge is -2.13. The Labute approximate surface area is 192 Å². The van der Waals surface area contributed by atoms with Gasteiger partial charge >= 0.3 is 7.69 Å². The van der Waals surface area contributed by atoms with Crippen molar-refractivity contribution < 1.29 is 9.68 Å². The summed E-state index contributed by atoms with van der Waals surface area (Å²) in [5.74, 6) is 2.02. The summed E-state index contributed by atoms with van der Waals surface area (Å²) in [6, 6.07) is 35.3. The molecule has 5 aromatic rings. The average Bonchev–Trinajstić information content (AvgIpc) is 2.90. The average molecular weight is 428 g/mol. The van der Waals surface area contributed by atoms with E-state index in [4.69, 9.17) is 19.6 Å². The van der Waals surface area contributed by atoms with Crippen LogP contribution in [0.3, 0.4) is 0 Å². The Kier molecular flexibility index (Phi) is 5.91. The van der Waals surface area contributed by atoms with Gasteiger partial charge in [-0.1, -0.05) is 97.1 Å². The van der Waals surface area contributed by atoms with Crippen molar-refractivity contribution in [3.63, 3.8) is 0 Å². The van der Waals surface area contributed by atoms with Gasteiger partial charge in [0.25, 0.3) is 0 Å². The molecule has 1 radical (unpaired) electrons. The molecule has 33 heavy (non-hydrogen) atoms. The van der Waals surface area contributed by atoms with E-state index < -0.39 is 0 Å². The Morgan fingerprint density at radius 3 is 1.64 bits per heavy atom. The highest BCUT2D eigenvalue weighted by Crippen LogP contribution is 2.34. The first-order chi connectivity index (χ1) is 16.3. The number of benzene rings is 4. The van der Waals surface area contributed by atoms with E-state index in [-0.39, 0.29) is 0 Å². The SMILES string of the molecule is O[B]Oc1ccccc1-c1nc(-c2ccccc2)nc(-c2ccccc2-c2ccccc2)n1. The van der Waals surface area contributed by atoms with Crippen LogP contribution >= 0.6 is 0 Å². The van der Waals surface area contributed by atoms with Crippen molar-refractivity contribution in [3.8, 4) is 51.0 Å². The van der Waals surface area contributed by atoms with Gasteiger partial charge in [-0.05, 0) is 23.3 Å². The lowest BCUT2D eigenvalue weighted by Crippen LogP contribution is -2.04. The van der Waals surface area contributed by atoms with Gasteiger partial charge in [0.1, 0.15) is 5.75 Å². The van der Waals surface area contributed by atoms with E-state index in [9.17, 15) is 5.02 Å². The number of hydrogen-bond donors (Lipinski definition) is 1. The molecule has 0 aliphatic heterocycles. The minimum absolute atomic E-state index is 0.451. The summed E-state index contributed by atoms with van der Waals surface area (Å²) >= 11 is 0. The van der Waals surface area contributed by atoms with Crippen LogP contribution in [0.1, 0.15) is 0 Å². The standard InChI is InChI=1S/C27H19BN3O2/c32-28-33-24-18-10-9-17-23(24)27-30-25(20-13-5-2-6-14-20)29-26(31-27)22-16-8-7-15-21(22)19-11-3-1-4-12-19/h1-18,32H. The highest BCUT2D eigenvalue weighted by Gasteiger charge is 2.17. The Morgan fingerprint density at radius 1 is 0.485 bits per heavy atom. The first-order valence-corrected chi connectivity index (χ1v) is 10.5. The normalized spacial score (nSPS) is 10.6. The summed E-state index contributed by atoms with van der Waals surface area (Å²) < 4.78 is 5.31. The minimum atomic E-state index is 0.451. The van der Waals surface area contributed by atoms with Crippen molar-refractivity contribution in [1.82, 2.24) is 15.0 Å². The molecule has 0 amide bonds. The Hall–Kier alpha value is -4.29. The number of para-hydroxylation sites is 1. The number of nitrogens with zero attached hydrogens (tertiary/aromatic N) is 3.